The number of carbonyl (C=O) groups excluding carboxylic acids is 1. The number of benzene rings is 2. The number of nitrogens with one attached hydrogen (secondary N) is 2. The lowest BCUT2D eigenvalue weighted by Crippen LogP contribution is -2.30. The Morgan fingerprint density at radius 2 is 1.80 bits per heavy atom. The standard InChI is InChI=1S/C18H20N2O3S2/c1-12(2)20-25(22,23)15-9-7-14(8-10-15)19-18(21)17-11-13-5-3-4-6-16(13)24-17/h3-10,12,17,20H,11H2,1-2H3,(H,19,21)/t17-/m0/s1. The van der Waals surface area contributed by atoms with Gasteiger partial charge in [-0.3, -0.25) is 4.79 Å². The lowest BCUT2D eigenvalue weighted by atomic mass is 10.1. The first-order chi connectivity index (χ1) is 11.8. The topological polar surface area (TPSA) is 75.3 Å². The molecule has 0 saturated heterocycles. The highest BCUT2D eigenvalue weighted by atomic mass is 32.2. The first-order valence-electron chi connectivity index (χ1n) is 8.03. The van der Waals surface area contributed by atoms with Crippen LogP contribution in [0.3, 0.4) is 0 Å². The second kappa shape index (κ2) is 7.19. The molecular formula is C18H20N2O3S2. The van der Waals surface area contributed by atoms with E-state index in [1.165, 1.54) is 17.7 Å². The average molecular weight is 377 g/mol. The van der Waals surface area contributed by atoms with Gasteiger partial charge in [-0.2, -0.15) is 0 Å². The van der Waals surface area contributed by atoms with Gasteiger partial charge in [-0.05, 0) is 56.2 Å². The van der Waals surface area contributed by atoms with Gasteiger partial charge >= 0.3 is 0 Å². The van der Waals surface area contributed by atoms with Crippen LogP contribution in [0.2, 0.25) is 0 Å². The highest BCUT2D eigenvalue weighted by Crippen LogP contribution is 2.37. The molecular weight excluding hydrogens is 356 g/mol. The van der Waals surface area contributed by atoms with E-state index in [4.69, 9.17) is 0 Å². The van der Waals surface area contributed by atoms with Crippen LogP contribution in [0.1, 0.15) is 19.4 Å². The summed E-state index contributed by atoms with van der Waals surface area (Å²) >= 11 is 1.56. The van der Waals surface area contributed by atoms with Crippen molar-refractivity contribution in [3.8, 4) is 0 Å². The summed E-state index contributed by atoms with van der Waals surface area (Å²) in [5, 5.41) is 2.70. The second-order valence-electron chi connectivity index (χ2n) is 6.21. The third-order valence-electron chi connectivity index (χ3n) is 3.76. The van der Waals surface area contributed by atoms with Crippen LogP contribution in [0, 0.1) is 0 Å². The van der Waals surface area contributed by atoms with Gasteiger partial charge in [-0.15, -0.1) is 11.8 Å². The van der Waals surface area contributed by atoms with E-state index in [1.54, 1.807) is 37.7 Å². The zero-order valence-electron chi connectivity index (χ0n) is 14.0. The molecule has 0 aliphatic carbocycles. The van der Waals surface area contributed by atoms with Crippen LogP contribution in [-0.2, 0) is 21.2 Å². The highest BCUT2D eigenvalue weighted by molar-refractivity contribution is 8.01. The molecule has 2 aromatic rings. The van der Waals surface area contributed by atoms with Crippen molar-refractivity contribution in [1.82, 2.24) is 4.72 Å². The quantitative estimate of drug-likeness (QED) is 0.841. The molecule has 1 aliphatic rings. The maximum Gasteiger partial charge on any atom is 0.240 e. The summed E-state index contributed by atoms with van der Waals surface area (Å²) < 4.78 is 26.8. The van der Waals surface area contributed by atoms with Crippen molar-refractivity contribution < 1.29 is 13.2 Å². The molecule has 2 N–H and O–H groups in total. The fraction of sp³-hybridized carbons (Fsp3) is 0.278. The Bertz CT molecular complexity index is 852. The number of hydrogen-bond donors (Lipinski definition) is 2. The molecule has 0 unspecified atom stereocenters. The molecule has 25 heavy (non-hydrogen) atoms. The van der Waals surface area contributed by atoms with Crippen LogP contribution in [-0.4, -0.2) is 25.6 Å². The monoisotopic (exact) mass is 376 g/mol. The zero-order valence-corrected chi connectivity index (χ0v) is 15.7. The van der Waals surface area contributed by atoms with Gasteiger partial charge in [0.05, 0.1) is 10.1 Å². The molecule has 2 aromatic carbocycles. The summed E-state index contributed by atoms with van der Waals surface area (Å²) in [7, 11) is -3.52. The fourth-order valence-corrected chi connectivity index (χ4v) is 5.09. The zero-order chi connectivity index (χ0) is 18.0. The van der Waals surface area contributed by atoms with Gasteiger partial charge in [0.1, 0.15) is 0 Å². The summed E-state index contributed by atoms with van der Waals surface area (Å²) in [6.45, 7) is 3.53. The summed E-state index contributed by atoms with van der Waals surface area (Å²) in [4.78, 5) is 13.8. The summed E-state index contributed by atoms with van der Waals surface area (Å²) in [5.74, 6) is -0.0721. The molecule has 0 aromatic heterocycles. The van der Waals surface area contributed by atoms with Crippen LogP contribution < -0.4 is 10.0 Å². The molecule has 132 valence electrons. The maximum atomic E-state index is 12.4. The summed E-state index contributed by atoms with van der Waals surface area (Å²) in [6, 6.07) is 14.0. The van der Waals surface area contributed by atoms with E-state index in [9.17, 15) is 13.2 Å². The molecule has 7 heteroatoms. The van der Waals surface area contributed by atoms with Crippen molar-refractivity contribution in [3.63, 3.8) is 0 Å². The van der Waals surface area contributed by atoms with E-state index in [0.717, 1.165) is 4.90 Å². The van der Waals surface area contributed by atoms with E-state index in [-0.39, 0.29) is 22.1 Å². The van der Waals surface area contributed by atoms with E-state index >= 15 is 0 Å². The Kier molecular flexibility index (Phi) is 5.17. The lowest BCUT2D eigenvalue weighted by molar-refractivity contribution is -0.115. The smallest absolute Gasteiger partial charge is 0.240 e. The summed E-state index contributed by atoms with van der Waals surface area (Å²) in [5.41, 5.74) is 1.78. The number of amides is 1. The Morgan fingerprint density at radius 3 is 2.44 bits per heavy atom. The number of hydrogen-bond acceptors (Lipinski definition) is 4. The van der Waals surface area contributed by atoms with Crippen LogP contribution in [0.15, 0.2) is 58.3 Å². The Morgan fingerprint density at radius 1 is 1.12 bits per heavy atom. The van der Waals surface area contributed by atoms with Crippen molar-refractivity contribution in [2.45, 2.75) is 41.4 Å². The third-order valence-corrected chi connectivity index (χ3v) is 6.75. The van der Waals surface area contributed by atoms with E-state index in [1.807, 2.05) is 24.3 Å². The minimum absolute atomic E-state index is 0.0721. The Balaban J connectivity index is 1.65. The largest absolute Gasteiger partial charge is 0.325 e. The van der Waals surface area contributed by atoms with Gasteiger partial charge in [0, 0.05) is 16.6 Å². The SMILES string of the molecule is CC(C)NS(=O)(=O)c1ccc(NC(=O)[C@@H]2Cc3ccccc3S2)cc1. The fourth-order valence-electron chi connectivity index (χ4n) is 2.65. The summed E-state index contributed by atoms with van der Waals surface area (Å²) in [6.07, 6.45) is 0.706. The molecule has 3 rings (SSSR count). The van der Waals surface area contributed by atoms with Gasteiger partial charge in [0.2, 0.25) is 15.9 Å². The lowest BCUT2D eigenvalue weighted by Gasteiger charge is -2.12. The van der Waals surface area contributed by atoms with Crippen molar-refractivity contribution in [3.05, 3.63) is 54.1 Å². The number of sulfonamides is 1. The molecule has 0 fully saturated rings. The van der Waals surface area contributed by atoms with Crippen molar-refractivity contribution in [2.24, 2.45) is 0 Å². The normalized spacial score (nSPS) is 16.7. The van der Waals surface area contributed by atoms with E-state index < -0.39 is 10.0 Å². The number of fused-ring (bicyclic) bond motifs is 1. The van der Waals surface area contributed by atoms with Crippen LogP contribution in [0.25, 0.3) is 0 Å². The van der Waals surface area contributed by atoms with Gasteiger partial charge in [-0.25, -0.2) is 13.1 Å². The molecule has 0 spiro atoms. The van der Waals surface area contributed by atoms with E-state index in [0.29, 0.717) is 12.1 Å². The number of rotatable bonds is 5. The predicted octanol–water partition coefficient (Wildman–Crippen LogP) is 3.03. The molecule has 0 bridgehead atoms. The minimum Gasteiger partial charge on any atom is -0.325 e. The maximum absolute atomic E-state index is 12.4. The predicted molar refractivity (Wildman–Crippen MR) is 100 cm³/mol. The molecule has 1 atom stereocenters. The highest BCUT2D eigenvalue weighted by Gasteiger charge is 2.28. The van der Waals surface area contributed by atoms with Gasteiger partial charge in [0.15, 0.2) is 0 Å². The first-order valence-corrected chi connectivity index (χ1v) is 10.4. The molecule has 1 aliphatic heterocycles. The van der Waals surface area contributed by atoms with E-state index in [2.05, 4.69) is 10.0 Å². The molecule has 5 nitrogen and oxygen atoms in total. The first kappa shape index (κ1) is 18.0. The number of anilines is 1. The molecule has 0 saturated carbocycles. The third kappa shape index (κ3) is 4.23. The Labute approximate surface area is 152 Å². The number of thioether (sulfide) groups is 1. The molecule has 0 radical (unpaired) electrons. The molecule has 1 amide bonds. The van der Waals surface area contributed by atoms with Gasteiger partial charge in [-0.1, -0.05) is 18.2 Å². The van der Waals surface area contributed by atoms with Gasteiger partial charge < -0.3 is 5.32 Å². The average Bonchev–Trinajstić information content (AvgIpc) is 2.98. The van der Waals surface area contributed by atoms with Crippen LogP contribution in [0.5, 0.6) is 0 Å². The minimum atomic E-state index is -3.52. The molecule has 1 heterocycles. The van der Waals surface area contributed by atoms with Crippen LogP contribution >= 0.6 is 11.8 Å². The Hall–Kier alpha value is -1.83. The van der Waals surface area contributed by atoms with Gasteiger partial charge in [0.25, 0.3) is 0 Å². The number of carbonyl (C=O) groups is 1. The van der Waals surface area contributed by atoms with Crippen molar-refractivity contribution >= 4 is 33.4 Å². The van der Waals surface area contributed by atoms with Crippen molar-refractivity contribution in [1.29, 1.82) is 0 Å². The van der Waals surface area contributed by atoms with Crippen molar-refractivity contribution in [2.75, 3.05) is 5.32 Å². The van der Waals surface area contributed by atoms with Crippen LogP contribution in [0.4, 0.5) is 5.69 Å². The second-order valence-corrected chi connectivity index (χ2v) is 9.17.